The molecule has 2 fully saturated rings. The number of hydrogen-bond acceptors (Lipinski definition) is 6. The van der Waals surface area contributed by atoms with E-state index < -0.39 is 0 Å². The predicted molar refractivity (Wildman–Crippen MR) is 118 cm³/mol. The number of nitrogens with one attached hydrogen (secondary N) is 1. The van der Waals surface area contributed by atoms with Crippen molar-refractivity contribution in [2.45, 2.75) is 45.4 Å². The molecular formula is C22H30N6O3. The van der Waals surface area contributed by atoms with Crippen LogP contribution in [0.3, 0.4) is 0 Å². The van der Waals surface area contributed by atoms with Crippen LogP contribution in [-0.2, 0) is 9.59 Å². The molecular weight excluding hydrogens is 396 g/mol. The largest absolute Gasteiger partial charge is 0.341 e. The SMILES string of the molecule is CCN(CC)c1ncc2c(=O)[nH]c(C3CCN(C(=O)CN4CCCC4=O)CC3)cc2n1. The molecule has 0 bridgehead atoms. The van der Waals surface area contributed by atoms with Gasteiger partial charge in [-0.05, 0) is 39.2 Å². The highest BCUT2D eigenvalue weighted by atomic mass is 16.2. The Labute approximate surface area is 181 Å². The Bertz CT molecular complexity index is 1020. The first kappa shape index (κ1) is 21.3. The lowest BCUT2D eigenvalue weighted by molar-refractivity contribution is -0.139. The Kier molecular flexibility index (Phi) is 6.20. The molecule has 2 aromatic heterocycles. The molecule has 2 saturated heterocycles. The van der Waals surface area contributed by atoms with Crippen LogP contribution in [0.25, 0.3) is 10.9 Å². The van der Waals surface area contributed by atoms with Crippen LogP contribution in [0.4, 0.5) is 5.95 Å². The van der Waals surface area contributed by atoms with Crippen LogP contribution < -0.4 is 10.5 Å². The minimum Gasteiger partial charge on any atom is -0.341 e. The van der Waals surface area contributed by atoms with Crippen molar-refractivity contribution >= 4 is 28.7 Å². The number of H-pyrrole nitrogens is 1. The minimum atomic E-state index is -0.176. The van der Waals surface area contributed by atoms with Crippen LogP contribution in [0.15, 0.2) is 17.1 Å². The van der Waals surface area contributed by atoms with Gasteiger partial charge in [-0.15, -0.1) is 0 Å². The second kappa shape index (κ2) is 9.03. The molecule has 0 spiro atoms. The van der Waals surface area contributed by atoms with Crippen molar-refractivity contribution in [3.05, 3.63) is 28.3 Å². The maximum Gasteiger partial charge on any atom is 0.259 e. The molecule has 2 aliphatic heterocycles. The third-order valence-corrected chi connectivity index (χ3v) is 6.43. The molecule has 166 valence electrons. The highest BCUT2D eigenvalue weighted by Gasteiger charge is 2.28. The standard InChI is InChI=1S/C22H30N6O3/c1-3-26(4-2)22-23-13-16-18(25-22)12-17(24-21(16)31)15-7-10-27(11-8-15)20(30)14-28-9-5-6-19(28)29/h12-13,15H,3-11,14H2,1-2H3,(H,24,31). The Morgan fingerprint density at radius 1 is 1.19 bits per heavy atom. The van der Waals surface area contributed by atoms with Crippen molar-refractivity contribution in [3.8, 4) is 0 Å². The second-order valence-electron chi connectivity index (χ2n) is 8.27. The first-order valence-corrected chi connectivity index (χ1v) is 11.2. The van der Waals surface area contributed by atoms with Crippen LogP contribution in [0.5, 0.6) is 0 Å². The number of likely N-dealkylation sites (tertiary alicyclic amines) is 2. The van der Waals surface area contributed by atoms with Crippen LogP contribution in [0, 0.1) is 0 Å². The number of nitrogens with zero attached hydrogens (tertiary/aromatic N) is 5. The first-order chi connectivity index (χ1) is 15.0. The number of fused-ring (bicyclic) bond motifs is 1. The molecule has 4 heterocycles. The van der Waals surface area contributed by atoms with E-state index >= 15 is 0 Å². The minimum absolute atomic E-state index is 0.0114. The second-order valence-corrected chi connectivity index (χ2v) is 8.27. The number of aromatic amines is 1. The Balaban J connectivity index is 1.46. The molecule has 0 aliphatic carbocycles. The summed E-state index contributed by atoms with van der Waals surface area (Å²) < 4.78 is 0. The fourth-order valence-electron chi connectivity index (χ4n) is 4.51. The summed E-state index contributed by atoms with van der Waals surface area (Å²) in [5.41, 5.74) is 1.34. The highest BCUT2D eigenvalue weighted by Crippen LogP contribution is 2.28. The third-order valence-electron chi connectivity index (χ3n) is 6.43. The summed E-state index contributed by atoms with van der Waals surface area (Å²) in [5.74, 6) is 0.882. The molecule has 0 unspecified atom stereocenters. The Morgan fingerprint density at radius 2 is 1.94 bits per heavy atom. The first-order valence-electron chi connectivity index (χ1n) is 11.2. The number of amides is 2. The number of rotatable bonds is 6. The maximum absolute atomic E-state index is 12.6. The molecule has 0 atom stereocenters. The van der Waals surface area contributed by atoms with Crippen molar-refractivity contribution in [2.75, 3.05) is 44.2 Å². The summed E-state index contributed by atoms with van der Waals surface area (Å²) in [6, 6.07) is 1.95. The molecule has 9 nitrogen and oxygen atoms in total. The quantitative estimate of drug-likeness (QED) is 0.751. The maximum atomic E-state index is 12.6. The Morgan fingerprint density at radius 3 is 2.58 bits per heavy atom. The van der Waals surface area contributed by atoms with E-state index in [-0.39, 0.29) is 29.8 Å². The molecule has 9 heteroatoms. The van der Waals surface area contributed by atoms with Gasteiger partial charge in [0.15, 0.2) is 0 Å². The summed E-state index contributed by atoms with van der Waals surface area (Å²) in [6.45, 7) is 7.81. The van der Waals surface area contributed by atoms with E-state index in [1.54, 1.807) is 11.1 Å². The van der Waals surface area contributed by atoms with Crippen LogP contribution in [0.2, 0.25) is 0 Å². The van der Waals surface area contributed by atoms with Gasteiger partial charge in [-0.25, -0.2) is 9.97 Å². The van der Waals surface area contributed by atoms with Gasteiger partial charge >= 0.3 is 0 Å². The zero-order valence-corrected chi connectivity index (χ0v) is 18.3. The molecule has 2 aromatic rings. The lowest BCUT2D eigenvalue weighted by Gasteiger charge is -2.33. The Hall–Kier alpha value is -2.97. The summed E-state index contributed by atoms with van der Waals surface area (Å²) in [7, 11) is 0. The number of aromatic nitrogens is 3. The van der Waals surface area contributed by atoms with E-state index in [4.69, 9.17) is 0 Å². The molecule has 2 amide bonds. The average Bonchev–Trinajstić information content (AvgIpc) is 3.18. The number of carbonyl (C=O) groups excluding carboxylic acids is 2. The predicted octanol–water partition coefficient (Wildman–Crippen LogP) is 1.49. The van der Waals surface area contributed by atoms with Gasteiger partial charge in [-0.2, -0.15) is 0 Å². The number of hydrogen-bond donors (Lipinski definition) is 1. The zero-order valence-electron chi connectivity index (χ0n) is 18.3. The smallest absolute Gasteiger partial charge is 0.259 e. The van der Waals surface area contributed by atoms with E-state index in [0.29, 0.717) is 42.9 Å². The van der Waals surface area contributed by atoms with Crippen molar-refractivity contribution < 1.29 is 9.59 Å². The van der Waals surface area contributed by atoms with Gasteiger partial charge in [0, 0.05) is 57.0 Å². The van der Waals surface area contributed by atoms with E-state index in [2.05, 4.69) is 33.7 Å². The number of piperidine rings is 1. The molecule has 4 rings (SSSR count). The summed E-state index contributed by atoms with van der Waals surface area (Å²) in [4.78, 5) is 54.5. The van der Waals surface area contributed by atoms with Crippen LogP contribution in [0.1, 0.15) is 51.1 Å². The van der Waals surface area contributed by atoms with Crippen LogP contribution >= 0.6 is 0 Å². The van der Waals surface area contributed by atoms with E-state index in [1.165, 1.54) is 0 Å². The average molecular weight is 427 g/mol. The van der Waals surface area contributed by atoms with Gasteiger partial charge in [0.05, 0.1) is 17.4 Å². The molecule has 0 aromatic carbocycles. The van der Waals surface area contributed by atoms with Gasteiger partial charge in [0.25, 0.3) is 5.56 Å². The van der Waals surface area contributed by atoms with Crippen molar-refractivity contribution in [2.24, 2.45) is 0 Å². The van der Waals surface area contributed by atoms with Crippen molar-refractivity contribution in [1.82, 2.24) is 24.8 Å². The van der Waals surface area contributed by atoms with Gasteiger partial charge in [-0.3, -0.25) is 14.4 Å². The van der Waals surface area contributed by atoms with Crippen molar-refractivity contribution in [3.63, 3.8) is 0 Å². The van der Waals surface area contributed by atoms with Crippen LogP contribution in [-0.4, -0.2) is 75.8 Å². The summed E-state index contributed by atoms with van der Waals surface area (Å²) in [6.07, 6.45) is 4.52. The summed E-state index contributed by atoms with van der Waals surface area (Å²) in [5, 5.41) is 0.488. The van der Waals surface area contributed by atoms with Gasteiger partial charge in [0.1, 0.15) is 0 Å². The number of pyridine rings is 1. The number of anilines is 1. The lowest BCUT2D eigenvalue weighted by atomic mass is 9.92. The molecule has 31 heavy (non-hydrogen) atoms. The highest BCUT2D eigenvalue weighted by molar-refractivity contribution is 5.86. The zero-order chi connectivity index (χ0) is 22.0. The van der Waals surface area contributed by atoms with Gasteiger partial charge in [0.2, 0.25) is 17.8 Å². The number of carbonyl (C=O) groups is 2. The molecule has 1 N–H and O–H groups in total. The molecule has 0 saturated carbocycles. The van der Waals surface area contributed by atoms with Gasteiger partial charge < -0.3 is 19.7 Å². The molecule has 2 aliphatic rings. The fraction of sp³-hybridized carbons (Fsp3) is 0.591. The van der Waals surface area contributed by atoms with E-state index in [0.717, 1.165) is 38.0 Å². The van der Waals surface area contributed by atoms with Gasteiger partial charge in [-0.1, -0.05) is 0 Å². The van der Waals surface area contributed by atoms with E-state index in [9.17, 15) is 14.4 Å². The van der Waals surface area contributed by atoms with E-state index in [1.807, 2.05) is 11.0 Å². The topological polar surface area (TPSA) is 103 Å². The monoisotopic (exact) mass is 426 g/mol. The third kappa shape index (κ3) is 4.40. The van der Waals surface area contributed by atoms with Crippen molar-refractivity contribution in [1.29, 1.82) is 0 Å². The molecule has 0 radical (unpaired) electrons. The summed E-state index contributed by atoms with van der Waals surface area (Å²) >= 11 is 0. The normalized spacial score (nSPS) is 17.5. The fourth-order valence-corrected chi connectivity index (χ4v) is 4.51. The lowest BCUT2D eigenvalue weighted by Crippen LogP contribution is -2.44.